The molecular weight excluding hydrogens is 359 g/mol. The fourth-order valence-electron chi connectivity index (χ4n) is 1.92. The van der Waals surface area contributed by atoms with Crippen molar-refractivity contribution in [1.29, 1.82) is 0 Å². The van der Waals surface area contributed by atoms with Crippen LogP contribution in [0.1, 0.15) is 37.9 Å². The van der Waals surface area contributed by atoms with Gasteiger partial charge in [0.05, 0.1) is 24.2 Å². The van der Waals surface area contributed by atoms with E-state index in [-0.39, 0.29) is 24.9 Å². The SMILES string of the molecule is CC(NC(=O)CNC(=O)[C@@H](N)C(C)C)c1ccc(C(F)(F)F)cc1.Cl. The van der Waals surface area contributed by atoms with E-state index in [0.29, 0.717) is 5.56 Å². The number of hydrogen-bond donors (Lipinski definition) is 3. The Bertz CT molecular complexity index is 577. The highest BCUT2D eigenvalue weighted by Crippen LogP contribution is 2.29. The van der Waals surface area contributed by atoms with Crippen molar-refractivity contribution in [2.75, 3.05) is 6.54 Å². The van der Waals surface area contributed by atoms with Gasteiger partial charge in [0.15, 0.2) is 0 Å². The molecule has 2 amide bonds. The first-order valence-electron chi connectivity index (χ1n) is 7.52. The number of nitrogens with one attached hydrogen (secondary N) is 2. The summed E-state index contributed by atoms with van der Waals surface area (Å²) >= 11 is 0. The van der Waals surface area contributed by atoms with Crippen LogP contribution in [0.5, 0.6) is 0 Å². The molecule has 0 saturated carbocycles. The molecule has 0 fully saturated rings. The van der Waals surface area contributed by atoms with Crippen LogP contribution in [0, 0.1) is 5.92 Å². The molecule has 0 aromatic heterocycles. The zero-order valence-electron chi connectivity index (χ0n) is 14.2. The summed E-state index contributed by atoms with van der Waals surface area (Å²) in [4.78, 5) is 23.5. The van der Waals surface area contributed by atoms with Gasteiger partial charge in [0, 0.05) is 0 Å². The Labute approximate surface area is 150 Å². The first-order chi connectivity index (χ1) is 11.0. The first kappa shape index (κ1) is 23.2. The van der Waals surface area contributed by atoms with E-state index in [1.165, 1.54) is 12.1 Å². The van der Waals surface area contributed by atoms with Crippen LogP contribution in [0.3, 0.4) is 0 Å². The number of halogens is 4. The molecule has 0 aliphatic rings. The summed E-state index contributed by atoms with van der Waals surface area (Å²) in [5, 5.41) is 5.03. The molecular formula is C16H23ClF3N3O2. The van der Waals surface area contributed by atoms with Gasteiger partial charge in [-0.05, 0) is 30.5 Å². The van der Waals surface area contributed by atoms with Crippen LogP contribution in [-0.4, -0.2) is 24.4 Å². The summed E-state index contributed by atoms with van der Waals surface area (Å²) in [6, 6.07) is 3.34. The number of hydrogen-bond acceptors (Lipinski definition) is 3. The van der Waals surface area contributed by atoms with Gasteiger partial charge < -0.3 is 16.4 Å². The topological polar surface area (TPSA) is 84.2 Å². The second-order valence-corrected chi connectivity index (χ2v) is 5.90. The van der Waals surface area contributed by atoms with Gasteiger partial charge in [0.25, 0.3) is 0 Å². The van der Waals surface area contributed by atoms with Crippen LogP contribution in [0.25, 0.3) is 0 Å². The first-order valence-corrected chi connectivity index (χ1v) is 7.52. The number of carbonyl (C=O) groups excluding carboxylic acids is 2. The lowest BCUT2D eigenvalue weighted by atomic mass is 10.0. The zero-order valence-corrected chi connectivity index (χ0v) is 15.0. The van der Waals surface area contributed by atoms with Crippen molar-refractivity contribution in [2.45, 2.75) is 39.0 Å². The largest absolute Gasteiger partial charge is 0.416 e. The van der Waals surface area contributed by atoms with E-state index in [1.807, 2.05) is 0 Å². The van der Waals surface area contributed by atoms with Crippen LogP contribution in [0.2, 0.25) is 0 Å². The number of alkyl halides is 3. The van der Waals surface area contributed by atoms with E-state index in [9.17, 15) is 22.8 Å². The van der Waals surface area contributed by atoms with Crippen LogP contribution in [0.4, 0.5) is 13.2 Å². The highest BCUT2D eigenvalue weighted by molar-refractivity contribution is 5.87. The summed E-state index contributed by atoms with van der Waals surface area (Å²) in [6.07, 6.45) is -4.40. The highest BCUT2D eigenvalue weighted by Gasteiger charge is 2.30. The second kappa shape index (κ2) is 9.62. The molecule has 1 rings (SSSR count). The Hall–Kier alpha value is -1.80. The van der Waals surface area contributed by atoms with E-state index < -0.39 is 35.6 Å². The molecule has 1 aromatic carbocycles. The molecule has 0 aliphatic carbocycles. The monoisotopic (exact) mass is 381 g/mol. The van der Waals surface area contributed by atoms with Crippen molar-refractivity contribution in [2.24, 2.45) is 11.7 Å². The van der Waals surface area contributed by atoms with Gasteiger partial charge in [-0.2, -0.15) is 13.2 Å². The third-order valence-electron chi connectivity index (χ3n) is 3.56. The summed E-state index contributed by atoms with van der Waals surface area (Å²) in [5.74, 6) is -0.937. The molecule has 0 heterocycles. The van der Waals surface area contributed by atoms with Crippen LogP contribution >= 0.6 is 12.4 Å². The molecule has 0 aliphatic heterocycles. The van der Waals surface area contributed by atoms with E-state index in [1.54, 1.807) is 20.8 Å². The predicted molar refractivity (Wildman–Crippen MR) is 91.1 cm³/mol. The lowest BCUT2D eigenvalue weighted by molar-refractivity contribution is -0.137. The van der Waals surface area contributed by atoms with Crippen molar-refractivity contribution in [1.82, 2.24) is 10.6 Å². The van der Waals surface area contributed by atoms with Gasteiger partial charge in [-0.3, -0.25) is 9.59 Å². The summed E-state index contributed by atoms with van der Waals surface area (Å²) in [5.41, 5.74) is 5.43. The molecule has 2 atom stereocenters. The minimum atomic E-state index is -4.40. The Morgan fingerprint density at radius 1 is 1.12 bits per heavy atom. The smallest absolute Gasteiger partial charge is 0.348 e. The molecule has 9 heteroatoms. The van der Waals surface area contributed by atoms with E-state index >= 15 is 0 Å². The Morgan fingerprint density at radius 2 is 1.64 bits per heavy atom. The maximum absolute atomic E-state index is 12.5. The standard InChI is InChI=1S/C16H22F3N3O2.ClH/c1-9(2)14(20)15(24)21-8-13(23)22-10(3)11-4-6-12(7-5-11)16(17,18)19;/h4-7,9-10,14H,8,20H2,1-3H3,(H,21,24)(H,22,23);1H/t10?,14-;/m0./s1. The highest BCUT2D eigenvalue weighted by atomic mass is 35.5. The lowest BCUT2D eigenvalue weighted by Gasteiger charge is -2.17. The second-order valence-electron chi connectivity index (χ2n) is 5.90. The van der Waals surface area contributed by atoms with Crippen molar-refractivity contribution in [3.8, 4) is 0 Å². The third-order valence-corrected chi connectivity index (χ3v) is 3.56. The minimum Gasteiger partial charge on any atom is -0.348 e. The average molecular weight is 382 g/mol. The van der Waals surface area contributed by atoms with Crippen molar-refractivity contribution in [3.63, 3.8) is 0 Å². The summed E-state index contributed by atoms with van der Waals surface area (Å²) < 4.78 is 37.5. The van der Waals surface area contributed by atoms with Crippen molar-refractivity contribution >= 4 is 24.2 Å². The van der Waals surface area contributed by atoms with Gasteiger partial charge in [-0.25, -0.2) is 0 Å². The molecule has 1 aromatic rings. The number of carbonyl (C=O) groups is 2. The molecule has 5 nitrogen and oxygen atoms in total. The molecule has 1 unspecified atom stereocenters. The Kier molecular flexibility index (Phi) is 8.93. The summed E-state index contributed by atoms with van der Waals surface area (Å²) in [7, 11) is 0. The van der Waals surface area contributed by atoms with Crippen LogP contribution in [-0.2, 0) is 15.8 Å². The molecule has 4 N–H and O–H groups in total. The fourth-order valence-corrected chi connectivity index (χ4v) is 1.92. The fraction of sp³-hybridized carbons (Fsp3) is 0.500. The quantitative estimate of drug-likeness (QED) is 0.707. The molecule has 25 heavy (non-hydrogen) atoms. The average Bonchev–Trinajstić information content (AvgIpc) is 2.50. The van der Waals surface area contributed by atoms with Gasteiger partial charge in [0.2, 0.25) is 11.8 Å². The van der Waals surface area contributed by atoms with Crippen LogP contribution < -0.4 is 16.4 Å². The number of benzene rings is 1. The molecule has 0 radical (unpaired) electrons. The number of amides is 2. The van der Waals surface area contributed by atoms with E-state index in [4.69, 9.17) is 5.73 Å². The zero-order chi connectivity index (χ0) is 18.5. The third kappa shape index (κ3) is 7.31. The Morgan fingerprint density at radius 3 is 2.08 bits per heavy atom. The molecule has 0 spiro atoms. The van der Waals surface area contributed by atoms with Crippen molar-refractivity contribution in [3.05, 3.63) is 35.4 Å². The predicted octanol–water partition coefficient (Wildman–Crippen LogP) is 2.40. The van der Waals surface area contributed by atoms with Gasteiger partial charge in [-0.1, -0.05) is 26.0 Å². The molecule has 0 bridgehead atoms. The number of nitrogens with two attached hydrogens (primary N) is 1. The maximum Gasteiger partial charge on any atom is 0.416 e. The van der Waals surface area contributed by atoms with Crippen LogP contribution in [0.15, 0.2) is 24.3 Å². The van der Waals surface area contributed by atoms with Gasteiger partial charge in [0.1, 0.15) is 0 Å². The van der Waals surface area contributed by atoms with Gasteiger partial charge in [-0.15, -0.1) is 12.4 Å². The summed E-state index contributed by atoms with van der Waals surface area (Å²) in [6.45, 7) is 4.97. The molecule has 142 valence electrons. The maximum atomic E-state index is 12.5. The van der Waals surface area contributed by atoms with E-state index in [0.717, 1.165) is 12.1 Å². The minimum absolute atomic E-state index is 0. The van der Waals surface area contributed by atoms with E-state index in [2.05, 4.69) is 10.6 Å². The molecule has 0 saturated heterocycles. The van der Waals surface area contributed by atoms with Gasteiger partial charge >= 0.3 is 6.18 Å². The lowest BCUT2D eigenvalue weighted by Crippen LogP contribution is -2.47. The number of rotatable bonds is 6. The van der Waals surface area contributed by atoms with Crippen molar-refractivity contribution < 1.29 is 22.8 Å². The normalized spacial score (nSPS) is 13.6. The Balaban J connectivity index is 0.00000576.